The predicted octanol–water partition coefficient (Wildman–Crippen LogP) is 5.30. The summed E-state index contributed by atoms with van der Waals surface area (Å²) in [6.45, 7) is 1.20. The molecule has 4 aromatic carbocycles. The Kier molecular flexibility index (Phi) is 9.30. The number of rotatable bonds is 11. The number of hydrogen-bond acceptors (Lipinski definition) is 7. The fourth-order valence-corrected chi connectivity index (χ4v) is 6.70. The number of carbonyl (C=O) groups is 1. The number of aryl methyl sites for hydroxylation is 1. The van der Waals surface area contributed by atoms with Crippen LogP contribution in [0.1, 0.15) is 5.56 Å². The van der Waals surface area contributed by atoms with Crippen molar-refractivity contribution < 1.29 is 31.1 Å². The quantitative estimate of drug-likeness (QED) is 0.230. The first-order valence-electron chi connectivity index (χ1n) is 12.4. The number of amides is 1. The second-order valence-electron chi connectivity index (χ2n) is 9.02. The summed E-state index contributed by atoms with van der Waals surface area (Å²) in [4.78, 5) is 13.1. The van der Waals surface area contributed by atoms with Gasteiger partial charge in [-0.3, -0.25) is 13.8 Å². The topological polar surface area (TPSA) is 131 Å². The molecule has 0 heterocycles. The van der Waals surface area contributed by atoms with Crippen LogP contribution in [0.25, 0.3) is 0 Å². The minimum absolute atomic E-state index is 0.0351. The lowest BCUT2D eigenvalue weighted by molar-refractivity contribution is -0.114. The molecule has 4 rings (SSSR count). The van der Waals surface area contributed by atoms with Crippen LogP contribution in [0.2, 0.25) is 5.02 Å². The van der Waals surface area contributed by atoms with E-state index in [9.17, 15) is 21.6 Å². The molecule has 0 fully saturated rings. The fraction of sp³-hybridized carbons (Fsp3) is 0.138. The normalized spacial score (nSPS) is 11.4. The minimum Gasteiger partial charge on any atom is -0.495 e. The van der Waals surface area contributed by atoms with E-state index >= 15 is 0 Å². The van der Waals surface area contributed by atoms with Crippen molar-refractivity contribution in [3.8, 4) is 11.5 Å². The van der Waals surface area contributed by atoms with Crippen LogP contribution in [0.3, 0.4) is 0 Å². The fourth-order valence-electron chi connectivity index (χ4n) is 4.03. The van der Waals surface area contributed by atoms with E-state index in [0.717, 1.165) is 9.87 Å². The summed E-state index contributed by atoms with van der Waals surface area (Å²) < 4.78 is 67.3. The average molecular weight is 630 g/mol. The van der Waals surface area contributed by atoms with Crippen molar-refractivity contribution in [1.29, 1.82) is 0 Å². The van der Waals surface area contributed by atoms with Gasteiger partial charge in [0.2, 0.25) is 5.91 Å². The van der Waals surface area contributed by atoms with E-state index in [1.54, 1.807) is 36.4 Å². The Bertz CT molecular complexity index is 1800. The van der Waals surface area contributed by atoms with Crippen LogP contribution in [-0.2, 0) is 24.8 Å². The number of halogens is 1. The van der Waals surface area contributed by atoms with Gasteiger partial charge in [-0.15, -0.1) is 0 Å². The molecular weight excluding hydrogens is 602 g/mol. The molecule has 0 aliphatic carbocycles. The van der Waals surface area contributed by atoms with E-state index in [1.807, 2.05) is 6.92 Å². The molecule has 4 aromatic rings. The van der Waals surface area contributed by atoms with Crippen LogP contribution in [0.4, 0.5) is 17.1 Å². The maximum Gasteiger partial charge on any atom is 0.264 e. The second-order valence-corrected chi connectivity index (χ2v) is 13.0. The molecule has 42 heavy (non-hydrogen) atoms. The Balaban J connectivity index is 1.57. The van der Waals surface area contributed by atoms with Crippen LogP contribution in [-0.4, -0.2) is 43.5 Å². The van der Waals surface area contributed by atoms with Crippen LogP contribution in [0.15, 0.2) is 101 Å². The summed E-state index contributed by atoms with van der Waals surface area (Å²) in [5.74, 6) is -0.131. The number of anilines is 3. The summed E-state index contributed by atoms with van der Waals surface area (Å²) in [5.41, 5.74) is 1.45. The first-order chi connectivity index (χ1) is 19.9. The van der Waals surface area contributed by atoms with Crippen LogP contribution in [0, 0.1) is 6.92 Å². The number of nitrogens with zero attached hydrogens (tertiary/aromatic N) is 1. The number of carbonyl (C=O) groups excluding carboxylic acids is 1. The first kappa shape index (κ1) is 30.7. The number of nitrogens with one attached hydrogen (secondary N) is 2. The standard InChI is InChI=1S/C29H28ClN3O7S2/c1-20-9-15-27(39-2)25(17-20)32-41(35,36)23-13-11-22(12-14-23)31-29(34)19-33(26-18-21(30)10-16-28(26)40-3)42(37,38)24-7-5-4-6-8-24/h4-18,32H,19H2,1-3H3,(H,31,34). The lowest BCUT2D eigenvalue weighted by Gasteiger charge is -2.26. The molecule has 0 bridgehead atoms. The molecule has 0 saturated carbocycles. The summed E-state index contributed by atoms with van der Waals surface area (Å²) in [6, 6.07) is 22.6. The van der Waals surface area contributed by atoms with Gasteiger partial charge in [-0.05, 0) is 79.2 Å². The van der Waals surface area contributed by atoms with Crippen molar-refractivity contribution in [2.75, 3.05) is 35.1 Å². The monoisotopic (exact) mass is 629 g/mol. The Morgan fingerprint density at radius 2 is 1.45 bits per heavy atom. The van der Waals surface area contributed by atoms with E-state index in [2.05, 4.69) is 10.0 Å². The van der Waals surface area contributed by atoms with Crippen molar-refractivity contribution in [2.24, 2.45) is 0 Å². The highest BCUT2D eigenvalue weighted by atomic mass is 35.5. The number of methoxy groups -OCH3 is 2. The zero-order valence-electron chi connectivity index (χ0n) is 22.9. The van der Waals surface area contributed by atoms with Crippen molar-refractivity contribution >= 4 is 54.6 Å². The molecule has 0 radical (unpaired) electrons. The highest BCUT2D eigenvalue weighted by molar-refractivity contribution is 7.93. The number of hydrogen-bond donors (Lipinski definition) is 2. The van der Waals surface area contributed by atoms with Gasteiger partial charge in [-0.1, -0.05) is 35.9 Å². The lowest BCUT2D eigenvalue weighted by Crippen LogP contribution is -2.38. The van der Waals surface area contributed by atoms with Crippen LogP contribution < -0.4 is 23.8 Å². The van der Waals surface area contributed by atoms with Crippen molar-refractivity contribution in [3.63, 3.8) is 0 Å². The molecule has 0 atom stereocenters. The van der Waals surface area contributed by atoms with Gasteiger partial charge >= 0.3 is 0 Å². The number of benzene rings is 4. The molecule has 0 saturated heterocycles. The van der Waals surface area contributed by atoms with Gasteiger partial charge in [0.15, 0.2) is 0 Å². The van der Waals surface area contributed by atoms with Crippen molar-refractivity contribution in [3.05, 3.63) is 102 Å². The summed E-state index contributed by atoms with van der Waals surface area (Å²) in [7, 11) is -5.39. The third-order valence-corrected chi connectivity index (χ3v) is 9.47. The van der Waals surface area contributed by atoms with Crippen LogP contribution in [0.5, 0.6) is 11.5 Å². The van der Waals surface area contributed by atoms with E-state index in [0.29, 0.717) is 5.75 Å². The second kappa shape index (κ2) is 12.7. The van der Waals surface area contributed by atoms with E-state index < -0.39 is 32.5 Å². The van der Waals surface area contributed by atoms with E-state index in [1.165, 1.54) is 68.8 Å². The predicted molar refractivity (Wildman–Crippen MR) is 163 cm³/mol. The van der Waals surface area contributed by atoms with Gasteiger partial charge in [0, 0.05) is 10.7 Å². The molecular formula is C29H28ClN3O7S2. The highest BCUT2D eigenvalue weighted by Crippen LogP contribution is 2.35. The third kappa shape index (κ3) is 6.96. The molecule has 220 valence electrons. The average Bonchev–Trinajstić information content (AvgIpc) is 2.96. The van der Waals surface area contributed by atoms with Crippen molar-refractivity contribution in [1.82, 2.24) is 0 Å². The minimum atomic E-state index is -4.22. The Labute approximate surface area is 250 Å². The zero-order valence-corrected chi connectivity index (χ0v) is 25.3. The summed E-state index contributed by atoms with van der Waals surface area (Å²) in [5, 5.41) is 2.86. The number of ether oxygens (including phenoxy) is 2. The summed E-state index contributed by atoms with van der Waals surface area (Å²) in [6.07, 6.45) is 0. The zero-order chi connectivity index (χ0) is 30.5. The van der Waals surface area contributed by atoms with Crippen LogP contribution >= 0.6 is 11.6 Å². The maximum atomic E-state index is 13.6. The molecule has 10 nitrogen and oxygen atoms in total. The lowest BCUT2D eigenvalue weighted by atomic mass is 10.2. The third-order valence-electron chi connectivity index (χ3n) is 6.08. The molecule has 0 aromatic heterocycles. The molecule has 0 aliphatic heterocycles. The Hall–Kier alpha value is -4.26. The molecule has 2 N–H and O–H groups in total. The first-order valence-corrected chi connectivity index (χ1v) is 15.7. The maximum absolute atomic E-state index is 13.6. The van der Waals surface area contributed by atoms with Gasteiger partial charge in [-0.25, -0.2) is 16.8 Å². The highest BCUT2D eigenvalue weighted by Gasteiger charge is 2.30. The van der Waals surface area contributed by atoms with E-state index in [-0.39, 0.29) is 37.6 Å². The van der Waals surface area contributed by atoms with E-state index in [4.69, 9.17) is 21.1 Å². The molecule has 0 aliphatic rings. The van der Waals surface area contributed by atoms with Crippen molar-refractivity contribution in [2.45, 2.75) is 16.7 Å². The molecule has 13 heteroatoms. The van der Waals surface area contributed by atoms with Gasteiger partial charge in [0.25, 0.3) is 20.0 Å². The molecule has 0 unspecified atom stereocenters. The van der Waals surface area contributed by atoms with Gasteiger partial charge < -0.3 is 14.8 Å². The van der Waals surface area contributed by atoms with Gasteiger partial charge in [0.05, 0.1) is 35.4 Å². The smallest absolute Gasteiger partial charge is 0.264 e. The van der Waals surface area contributed by atoms with Gasteiger partial charge in [0.1, 0.15) is 18.0 Å². The molecule has 0 spiro atoms. The largest absolute Gasteiger partial charge is 0.495 e. The number of sulfonamides is 2. The Morgan fingerprint density at radius 3 is 2.10 bits per heavy atom. The molecule has 1 amide bonds. The summed E-state index contributed by atoms with van der Waals surface area (Å²) >= 11 is 6.17. The van der Waals surface area contributed by atoms with Gasteiger partial charge in [-0.2, -0.15) is 0 Å². The SMILES string of the molecule is COc1ccc(C)cc1NS(=O)(=O)c1ccc(NC(=O)CN(c2cc(Cl)ccc2OC)S(=O)(=O)c2ccccc2)cc1. The Morgan fingerprint density at radius 1 is 0.810 bits per heavy atom.